The van der Waals surface area contributed by atoms with Crippen molar-refractivity contribution >= 4 is 43.6 Å². The van der Waals surface area contributed by atoms with E-state index in [2.05, 4.69) is 73.7 Å². The Balaban J connectivity index is 1.18. The SMILES string of the molecule is Cc1nc(C)nc(-c2ccc3c(c2)c2ccccc2n3-c2cc(-c3nc(-c4ccccc4)nc(-c4ccccc4)n3)cc(-n3c4ccccc4c4cc(-c5nc(C)nc(C)n5)ccc43)c2C#N)n1. The number of benzene rings is 7. The Morgan fingerprint density at radius 2 is 0.676 bits per heavy atom. The molecule has 0 bridgehead atoms. The molecule has 5 aromatic heterocycles. The molecule has 322 valence electrons. The second-order valence-electron chi connectivity index (χ2n) is 16.7. The Labute approximate surface area is 390 Å². The van der Waals surface area contributed by atoms with E-state index in [0.717, 1.165) is 65.9 Å². The highest BCUT2D eigenvalue weighted by molar-refractivity contribution is 6.12. The minimum atomic E-state index is 0.456. The molecule has 7 aromatic carbocycles. The van der Waals surface area contributed by atoms with Gasteiger partial charge < -0.3 is 9.13 Å². The van der Waals surface area contributed by atoms with E-state index in [-0.39, 0.29) is 0 Å². The molecule has 0 aliphatic rings. The molecule has 0 unspecified atom stereocenters. The molecule has 0 N–H and O–H groups in total. The number of rotatable bonds is 7. The highest BCUT2D eigenvalue weighted by Gasteiger charge is 2.25. The largest absolute Gasteiger partial charge is 0.308 e. The third-order valence-electron chi connectivity index (χ3n) is 12.2. The fourth-order valence-corrected chi connectivity index (χ4v) is 9.38. The third-order valence-corrected chi connectivity index (χ3v) is 12.2. The quantitative estimate of drug-likeness (QED) is 0.151. The summed E-state index contributed by atoms with van der Waals surface area (Å²) in [6, 6.07) is 55.7. The van der Waals surface area contributed by atoms with Crippen LogP contribution in [0.4, 0.5) is 0 Å². The van der Waals surface area contributed by atoms with E-state index in [4.69, 9.17) is 34.9 Å². The predicted molar refractivity (Wildman–Crippen MR) is 266 cm³/mol. The first kappa shape index (κ1) is 40.2. The van der Waals surface area contributed by atoms with Crippen molar-refractivity contribution in [3.8, 4) is 74.4 Å². The van der Waals surface area contributed by atoms with E-state index < -0.39 is 0 Å². The first-order valence-corrected chi connectivity index (χ1v) is 22.2. The number of nitrogens with zero attached hydrogens (tertiary/aromatic N) is 12. The van der Waals surface area contributed by atoms with Gasteiger partial charge in [-0.2, -0.15) is 5.26 Å². The number of nitriles is 1. The number of fused-ring (bicyclic) bond motifs is 6. The minimum Gasteiger partial charge on any atom is -0.308 e. The molecule has 5 heterocycles. The lowest BCUT2D eigenvalue weighted by Gasteiger charge is -2.18. The van der Waals surface area contributed by atoms with Gasteiger partial charge in [0.25, 0.3) is 0 Å². The lowest BCUT2D eigenvalue weighted by molar-refractivity contribution is 0.928. The Kier molecular flexibility index (Phi) is 9.44. The zero-order valence-corrected chi connectivity index (χ0v) is 37.4. The average molecular weight is 879 g/mol. The van der Waals surface area contributed by atoms with E-state index in [1.54, 1.807) is 0 Å². The summed E-state index contributed by atoms with van der Waals surface area (Å²) in [5, 5.41) is 15.6. The molecule has 12 heteroatoms. The maximum Gasteiger partial charge on any atom is 0.164 e. The third kappa shape index (κ3) is 6.80. The second kappa shape index (κ2) is 16.0. The molecule has 12 nitrogen and oxygen atoms in total. The molecule has 0 amide bonds. The smallest absolute Gasteiger partial charge is 0.164 e. The molecule has 0 aliphatic carbocycles. The number of aromatic nitrogens is 11. The van der Waals surface area contributed by atoms with Crippen molar-refractivity contribution in [2.24, 2.45) is 0 Å². The summed E-state index contributed by atoms with van der Waals surface area (Å²) >= 11 is 0. The highest BCUT2D eigenvalue weighted by Crippen LogP contribution is 2.41. The molecule has 0 saturated carbocycles. The predicted octanol–water partition coefficient (Wildman–Crippen LogP) is 11.9. The molecular weight excluding hydrogens is 841 g/mol. The maximum atomic E-state index is 11.7. The Morgan fingerprint density at radius 1 is 0.324 bits per heavy atom. The zero-order valence-electron chi connectivity index (χ0n) is 37.4. The molecule has 0 radical (unpaired) electrons. The fourth-order valence-electron chi connectivity index (χ4n) is 9.38. The topological polar surface area (TPSA) is 150 Å². The van der Waals surface area contributed by atoms with Crippen LogP contribution in [0.25, 0.3) is 112 Å². The molecule has 68 heavy (non-hydrogen) atoms. The Hall–Kier alpha value is -9.34. The standard InChI is InChI=1S/C56H38N12/c1-32-58-33(2)61-54(60-32)38-23-25-48-43(27-38)41-19-11-13-21-46(41)67(48)50-29-40(56-65-52(36-15-7-5-8-16-36)64-53(66-56)37-17-9-6-10-18-37)30-51(45(50)31-57)68-47-22-14-12-20-42(47)44-28-39(24-26-49(44)68)55-62-34(3)59-35(4)63-55/h5-30H,1-4H3. The van der Waals surface area contributed by atoms with Crippen molar-refractivity contribution in [1.82, 2.24) is 54.0 Å². The van der Waals surface area contributed by atoms with E-state index in [1.807, 2.05) is 137 Å². The van der Waals surface area contributed by atoms with Crippen molar-refractivity contribution in [2.45, 2.75) is 27.7 Å². The summed E-state index contributed by atoms with van der Waals surface area (Å²) in [7, 11) is 0. The summed E-state index contributed by atoms with van der Waals surface area (Å²) < 4.78 is 4.36. The number of aryl methyl sites for hydroxylation is 4. The highest BCUT2D eigenvalue weighted by atomic mass is 15.1. The molecular formula is C56H38N12. The summed E-state index contributed by atoms with van der Waals surface area (Å²) in [5.74, 6) is 5.33. The van der Waals surface area contributed by atoms with E-state index >= 15 is 0 Å². The fraction of sp³-hybridized carbons (Fsp3) is 0.0714. The van der Waals surface area contributed by atoms with Gasteiger partial charge in [0.2, 0.25) is 0 Å². The van der Waals surface area contributed by atoms with Gasteiger partial charge in [-0.25, -0.2) is 44.9 Å². The van der Waals surface area contributed by atoms with Gasteiger partial charge in [-0.05, 0) is 88.4 Å². The van der Waals surface area contributed by atoms with Crippen LogP contribution in [0.15, 0.2) is 158 Å². The van der Waals surface area contributed by atoms with E-state index in [1.165, 1.54) is 0 Å². The van der Waals surface area contributed by atoms with Gasteiger partial charge in [-0.1, -0.05) is 97.1 Å². The molecule has 0 aliphatic heterocycles. The van der Waals surface area contributed by atoms with Gasteiger partial charge in [0.1, 0.15) is 34.9 Å². The van der Waals surface area contributed by atoms with Crippen molar-refractivity contribution in [1.29, 1.82) is 5.26 Å². The summed E-state index contributed by atoms with van der Waals surface area (Å²) in [6.07, 6.45) is 0. The summed E-state index contributed by atoms with van der Waals surface area (Å²) in [4.78, 5) is 43.1. The zero-order chi connectivity index (χ0) is 46.0. The lowest BCUT2D eigenvalue weighted by Crippen LogP contribution is -2.07. The number of hydrogen-bond donors (Lipinski definition) is 0. The van der Waals surface area contributed by atoms with Crippen LogP contribution in [0.2, 0.25) is 0 Å². The first-order valence-electron chi connectivity index (χ1n) is 22.2. The molecule has 12 aromatic rings. The van der Waals surface area contributed by atoms with Crippen molar-refractivity contribution in [3.05, 3.63) is 187 Å². The van der Waals surface area contributed by atoms with Gasteiger partial charge in [0.15, 0.2) is 29.1 Å². The van der Waals surface area contributed by atoms with Crippen LogP contribution in [0.3, 0.4) is 0 Å². The van der Waals surface area contributed by atoms with Crippen LogP contribution < -0.4 is 0 Å². The molecule has 0 spiro atoms. The van der Waals surface area contributed by atoms with Crippen LogP contribution in [-0.2, 0) is 0 Å². The molecule has 0 atom stereocenters. The lowest BCUT2D eigenvalue weighted by atomic mass is 10.0. The van der Waals surface area contributed by atoms with Crippen molar-refractivity contribution in [3.63, 3.8) is 0 Å². The van der Waals surface area contributed by atoms with E-state index in [0.29, 0.717) is 74.9 Å². The van der Waals surface area contributed by atoms with Crippen LogP contribution in [0, 0.1) is 39.0 Å². The van der Waals surface area contributed by atoms with Crippen LogP contribution >= 0.6 is 0 Å². The maximum absolute atomic E-state index is 11.7. The van der Waals surface area contributed by atoms with Crippen molar-refractivity contribution in [2.75, 3.05) is 0 Å². The number of hydrogen-bond acceptors (Lipinski definition) is 10. The Bertz CT molecular complexity index is 3750. The summed E-state index contributed by atoms with van der Waals surface area (Å²) in [6.45, 7) is 7.51. The van der Waals surface area contributed by atoms with Gasteiger partial charge >= 0.3 is 0 Å². The van der Waals surface area contributed by atoms with Crippen LogP contribution in [-0.4, -0.2) is 54.0 Å². The van der Waals surface area contributed by atoms with Crippen molar-refractivity contribution < 1.29 is 0 Å². The number of para-hydroxylation sites is 2. The Morgan fingerprint density at radius 3 is 1.09 bits per heavy atom. The van der Waals surface area contributed by atoms with Gasteiger partial charge in [-0.15, -0.1) is 0 Å². The average Bonchev–Trinajstić information content (AvgIpc) is 3.88. The van der Waals surface area contributed by atoms with Gasteiger partial charge in [0, 0.05) is 49.4 Å². The first-order chi connectivity index (χ1) is 33.3. The van der Waals surface area contributed by atoms with Crippen LogP contribution in [0.1, 0.15) is 28.9 Å². The molecule has 12 rings (SSSR count). The van der Waals surface area contributed by atoms with Gasteiger partial charge in [-0.3, -0.25) is 0 Å². The van der Waals surface area contributed by atoms with Gasteiger partial charge in [0.05, 0.1) is 33.4 Å². The summed E-state index contributed by atoms with van der Waals surface area (Å²) in [5.41, 5.74) is 9.55. The molecule has 0 fully saturated rings. The molecule has 0 saturated heterocycles. The second-order valence-corrected chi connectivity index (χ2v) is 16.7. The van der Waals surface area contributed by atoms with Crippen LogP contribution in [0.5, 0.6) is 0 Å². The van der Waals surface area contributed by atoms with E-state index in [9.17, 15) is 5.26 Å². The normalized spacial score (nSPS) is 11.5. The monoisotopic (exact) mass is 878 g/mol. The minimum absolute atomic E-state index is 0.456.